The average Bonchev–Trinajstić information content (AvgIpc) is 2.38. The van der Waals surface area contributed by atoms with Crippen LogP contribution in [0.15, 0.2) is 24.3 Å². The van der Waals surface area contributed by atoms with E-state index in [0.29, 0.717) is 11.7 Å². The van der Waals surface area contributed by atoms with Gasteiger partial charge >= 0.3 is 5.97 Å². The molecule has 1 aliphatic heterocycles. The highest BCUT2D eigenvalue weighted by Gasteiger charge is 2.21. The quantitative estimate of drug-likeness (QED) is 0.890. The monoisotopic (exact) mass is 266 g/mol. The number of hydrogen-bond acceptors (Lipinski definition) is 3. The van der Waals surface area contributed by atoms with Crippen LogP contribution in [0.3, 0.4) is 0 Å². The van der Waals surface area contributed by atoms with Gasteiger partial charge in [-0.25, -0.2) is 0 Å². The molecular weight excluding hydrogens is 248 g/mol. The fraction of sp³-hybridized carbons (Fsp3) is 0.500. The summed E-state index contributed by atoms with van der Waals surface area (Å²) in [5.41, 5.74) is 1.26. The molecule has 3 nitrogen and oxygen atoms in total. The molecule has 98 valence electrons. The lowest BCUT2D eigenvalue weighted by Gasteiger charge is -2.25. The van der Waals surface area contributed by atoms with Gasteiger partial charge in [0.15, 0.2) is 0 Å². The largest absolute Gasteiger partial charge is 0.493 e. The molecular formula is C14H18O3S. The van der Waals surface area contributed by atoms with Crippen LogP contribution >= 0.6 is 11.8 Å². The van der Waals surface area contributed by atoms with E-state index in [0.717, 1.165) is 24.5 Å². The van der Waals surface area contributed by atoms with E-state index in [-0.39, 0.29) is 5.92 Å². The van der Waals surface area contributed by atoms with Crippen LogP contribution < -0.4 is 4.74 Å². The average molecular weight is 266 g/mol. The number of carboxylic acid groups (broad SMARTS) is 1. The van der Waals surface area contributed by atoms with Gasteiger partial charge in [-0.3, -0.25) is 4.79 Å². The van der Waals surface area contributed by atoms with Crippen LogP contribution in [0.5, 0.6) is 5.75 Å². The number of thioether (sulfide) groups is 1. The van der Waals surface area contributed by atoms with Crippen LogP contribution in [0, 0.1) is 5.92 Å². The van der Waals surface area contributed by atoms with E-state index in [1.54, 1.807) is 18.7 Å². The predicted molar refractivity (Wildman–Crippen MR) is 73.4 cm³/mol. The second-order valence-corrected chi connectivity index (χ2v) is 5.72. The second kappa shape index (κ2) is 6.14. The third-order valence-corrected chi connectivity index (χ3v) is 4.56. The van der Waals surface area contributed by atoms with Crippen LogP contribution in [0.2, 0.25) is 0 Å². The van der Waals surface area contributed by atoms with Crippen molar-refractivity contribution in [2.45, 2.75) is 19.3 Å². The van der Waals surface area contributed by atoms with Crippen LogP contribution in [0.25, 0.3) is 0 Å². The van der Waals surface area contributed by atoms with Crippen LogP contribution in [-0.4, -0.2) is 29.2 Å². The number of aliphatic carboxylic acids is 1. The standard InChI is InChI=1S/C14H18O3S/c1-10(14(15)16)8-18-9-11-6-7-17-13-5-3-2-4-12(11)13/h2-5,10-11H,6-9H2,1H3,(H,15,16). The SMILES string of the molecule is CC(CSCC1CCOc2ccccc21)C(=O)O. The van der Waals surface area contributed by atoms with Gasteiger partial charge in [-0.15, -0.1) is 0 Å². The lowest BCUT2D eigenvalue weighted by molar-refractivity contribution is -0.140. The smallest absolute Gasteiger partial charge is 0.307 e. The summed E-state index contributed by atoms with van der Waals surface area (Å²) in [6.45, 7) is 2.52. The number of para-hydroxylation sites is 1. The first-order valence-electron chi connectivity index (χ1n) is 6.20. The number of fused-ring (bicyclic) bond motifs is 1. The van der Waals surface area contributed by atoms with E-state index in [9.17, 15) is 4.79 Å². The predicted octanol–water partition coefficient (Wildman–Crippen LogP) is 3.01. The molecule has 1 N–H and O–H groups in total. The zero-order valence-electron chi connectivity index (χ0n) is 10.5. The van der Waals surface area contributed by atoms with Crippen molar-refractivity contribution in [3.05, 3.63) is 29.8 Å². The molecule has 2 atom stereocenters. The third-order valence-electron chi connectivity index (χ3n) is 3.19. The maximum absolute atomic E-state index is 10.7. The van der Waals surface area contributed by atoms with E-state index in [1.165, 1.54) is 5.56 Å². The lowest BCUT2D eigenvalue weighted by atomic mass is 9.95. The first-order valence-corrected chi connectivity index (χ1v) is 7.36. The fourth-order valence-electron chi connectivity index (χ4n) is 2.05. The minimum Gasteiger partial charge on any atom is -0.493 e. The van der Waals surface area contributed by atoms with Gasteiger partial charge in [-0.05, 0) is 24.0 Å². The Balaban J connectivity index is 1.90. The summed E-state index contributed by atoms with van der Waals surface area (Å²) in [5, 5.41) is 8.84. The molecule has 0 saturated carbocycles. The summed E-state index contributed by atoms with van der Waals surface area (Å²) in [4.78, 5) is 10.7. The van der Waals surface area contributed by atoms with Crippen molar-refractivity contribution in [2.24, 2.45) is 5.92 Å². The van der Waals surface area contributed by atoms with E-state index in [1.807, 2.05) is 18.2 Å². The fourth-order valence-corrected chi connectivity index (χ4v) is 3.31. The topological polar surface area (TPSA) is 46.5 Å². The highest BCUT2D eigenvalue weighted by molar-refractivity contribution is 7.99. The summed E-state index contributed by atoms with van der Waals surface area (Å²) in [5.74, 6) is 2.13. The highest BCUT2D eigenvalue weighted by atomic mass is 32.2. The summed E-state index contributed by atoms with van der Waals surface area (Å²) in [7, 11) is 0. The Morgan fingerprint density at radius 1 is 1.56 bits per heavy atom. The van der Waals surface area contributed by atoms with Crippen molar-refractivity contribution in [3.8, 4) is 5.75 Å². The van der Waals surface area contributed by atoms with E-state index < -0.39 is 5.97 Å². The number of carboxylic acids is 1. The van der Waals surface area contributed by atoms with Gasteiger partial charge in [-0.1, -0.05) is 25.1 Å². The summed E-state index contributed by atoms with van der Waals surface area (Å²) < 4.78 is 5.62. The van der Waals surface area contributed by atoms with Crippen molar-refractivity contribution in [1.29, 1.82) is 0 Å². The molecule has 2 rings (SSSR count). The Morgan fingerprint density at radius 2 is 2.33 bits per heavy atom. The van der Waals surface area contributed by atoms with Crippen molar-refractivity contribution >= 4 is 17.7 Å². The first kappa shape index (κ1) is 13.3. The molecule has 0 spiro atoms. The van der Waals surface area contributed by atoms with Gasteiger partial charge in [0.1, 0.15) is 5.75 Å². The molecule has 0 aliphatic carbocycles. The van der Waals surface area contributed by atoms with Crippen LogP contribution in [0.1, 0.15) is 24.8 Å². The zero-order valence-corrected chi connectivity index (χ0v) is 11.3. The number of benzene rings is 1. The number of hydrogen-bond donors (Lipinski definition) is 1. The van der Waals surface area contributed by atoms with Gasteiger partial charge in [0, 0.05) is 11.5 Å². The third kappa shape index (κ3) is 3.19. The molecule has 18 heavy (non-hydrogen) atoms. The molecule has 0 fully saturated rings. The summed E-state index contributed by atoms with van der Waals surface area (Å²) >= 11 is 1.72. The Labute approximate surface area is 112 Å². The summed E-state index contributed by atoms with van der Waals surface area (Å²) in [6, 6.07) is 8.14. The van der Waals surface area contributed by atoms with E-state index in [2.05, 4.69) is 6.07 Å². The Morgan fingerprint density at radius 3 is 3.11 bits per heavy atom. The molecule has 1 heterocycles. The maximum atomic E-state index is 10.7. The van der Waals surface area contributed by atoms with Gasteiger partial charge in [-0.2, -0.15) is 11.8 Å². The minimum absolute atomic E-state index is 0.273. The van der Waals surface area contributed by atoms with E-state index >= 15 is 0 Å². The molecule has 2 unspecified atom stereocenters. The van der Waals surface area contributed by atoms with Gasteiger partial charge < -0.3 is 9.84 Å². The van der Waals surface area contributed by atoms with Gasteiger partial charge in [0.05, 0.1) is 12.5 Å². The van der Waals surface area contributed by atoms with Gasteiger partial charge in [0.2, 0.25) is 0 Å². The van der Waals surface area contributed by atoms with Crippen molar-refractivity contribution in [3.63, 3.8) is 0 Å². The summed E-state index contributed by atoms with van der Waals surface area (Å²) in [6.07, 6.45) is 1.02. The molecule has 0 amide bonds. The van der Waals surface area contributed by atoms with Crippen LogP contribution in [0.4, 0.5) is 0 Å². The molecule has 0 radical (unpaired) electrons. The van der Waals surface area contributed by atoms with Gasteiger partial charge in [0.25, 0.3) is 0 Å². The normalized spacial score (nSPS) is 19.7. The number of rotatable bonds is 5. The Hall–Kier alpha value is -1.16. The molecule has 0 bridgehead atoms. The second-order valence-electron chi connectivity index (χ2n) is 4.65. The molecule has 4 heteroatoms. The van der Waals surface area contributed by atoms with Crippen molar-refractivity contribution < 1.29 is 14.6 Å². The lowest BCUT2D eigenvalue weighted by Crippen LogP contribution is -2.17. The Kier molecular flexibility index (Phi) is 4.53. The highest BCUT2D eigenvalue weighted by Crippen LogP contribution is 2.35. The zero-order chi connectivity index (χ0) is 13.0. The first-order chi connectivity index (χ1) is 8.68. The molecule has 0 aromatic heterocycles. The van der Waals surface area contributed by atoms with Crippen molar-refractivity contribution in [2.75, 3.05) is 18.1 Å². The molecule has 1 aliphatic rings. The number of carbonyl (C=O) groups is 1. The number of ether oxygens (including phenoxy) is 1. The minimum atomic E-state index is -0.713. The molecule has 0 saturated heterocycles. The maximum Gasteiger partial charge on any atom is 0.307 e. The molecule has 1 aromatic rings. The molecule has 1 aromatic carbocycles. The van der Waals surface area contributed by atoms with Crippen molar-refractivity contribution in [1.82, 2.24) is 0 Å². The Bertz CT molecular complexity index is 419. The van der Waals surface area contributed by atoms with E-state index in [4.69, 9.17) is 9.84 Å². The van der Waals surface area contributed by atoms with Crippen LogP contribution in [-0.2, 0) is 4.79 Å².